The number of allylic oxidation sites excluding steroid dienone is 1. The van der Waals surface area contributed by atoms with Crippen LogP contribution in [0.1, 0.15) is 43.6 Å². The second-order valence-electron chi connectivity index (χ2n) is 8.66. The summed E-state index contributed by atoms with van der Waals surface area (Å²) in [7, 11) is 2.75. The van der Waals surface area contributed by atoms with E-state index in [4.69, 9.17) is 14.2 Å². The van der Waals surface area contributed by atoms with E-state index in [1.165, 1.54) is 28.1 Å². The van der Waals surface area contributed by atoms with Crippen molar-refractivity contribution in [3.63, 3.8) is 0 Å². The topological polar surface area (TPSA) is 69.6 Å². The molecule has 0 fully saturated rings. The summed E-state index contributed by atoms with van der Waals surface area (Å²) in [4.78, 5) is 14.9. The second kappa shape index (κ2) is 12.2. The molecule has 0 amide bonds. The Morgan fingerprint density at radius 2 is 1.75 bits per heavy atom. The number of rotatable bonds is 4. The minimum atomic E-state index is -4.77. The van der Waals surface area contributed by atoms with Crippen LogP contribution in [-0.2, 0) is 20.4 Å². The Bertz CT molecular complexity index is 1300. The first-order chi connectivity index (χ1) is 18.7. The molecular weight excluding hydrogens is 546 g/mol. The molecule has 0 saturated heterocycles. The number of benzene rings is 2. The molecule has 2 aromatic carbocycles. The number of fused-ring (bicyclic) bond motifs is 3. The van der Waals surface area contributed by atoms with E-state index >= 15 is 0 Å². The maximum absolute atomic E-state index is 14.1. The average molecular weight is 575 g/mol. The maximum atomic E-state index is 14.1. The number of carbonyl (C=O) groups excluding carboxylic acids is 1. The van der Waals surface area contributed by atoms with Crippen molar-refractivity contribution < 1.29 is 50.1 Å². The number of esters is 1. The number of alkyl halides is 6. The molecule has 1 unspecified atom stereocenters. The van der Waals surface area contributed by atoms with Gasteiger partial charge in [0.05, 0.1) is 38.6 Å². The van der Waals surface area contributed by atoms with Crippen molar-refractivity contribution in [2.24, 2.45) is 4.99 Å². The van der Waals surface area contributed by atoms with Gasteiger partial charge in [0.25, 0.3) is 0 Å². The van der Waals surface area contributed by atoms with Crippen LogP contribution < -0.4 is 14.4 Å². The van der Waals surface area contributed by atoms with Gasteiger partial charge in [0.2, 0.25) is 0 Å². The third kappa shape index (κ3) is 6.52. The lowest BCUT2D eigenvalue weighted by molar-refractivity contribution is -0.140. The van der Waals surface area contributed by atoms with E-state index in [1.807, 2.05) is 0 Å². The van der Waals surface area contributed by atoms with Crippen LogP contribution in [0.15, 0.2) is 52.7 Å². The van der Waals surface area contributed by atoms with Crippen molar-refractivity contribution in [3.8, 4) is 11.5 Å². The van der Waals surface area contributed by atoms with Crippen LogP contribution in [0.3, 0.4) is 0 Å². The van der Waals surface area contributed by atoms with Crippen molar-refractivity contribution in [2.75, 3.05) is 38.9 Å². The molecule has 0 aromatic heterocycles. The van der Waals surface area contributed by atoms with Crippen molar-refractivity contribution in [1.29, 1.82) is 0 Å². The highest BCUT2D eigenvalue weighted by Gasteiger charge is 2.46. The summed E-state index contributed by atoms with van der Waals surface area (Å²) in [5.41, 5.74) is -1.97. The summed E-state index contributed by atoms with van der Waals surface area (Å²) in [5, 5.41) is 0. The summed E-state index contributed by atoms with van der Waals surface area (Å²) in [5.74, 6) is 0.229. The summed E-state index contributed by atoms with van der Waals surface area (Å²) in [6.45, 7) is 4.38. The van der Waals surface area contributed by atoms with Gasteiger partial charge in [-0.2, -0.15) is 26.3 Å². The number of aliphatic imine (C=N–C) groups is 1. The first kappa shape index (κ1) is 30.8. The van der Waals surface area contributed by atoms with Crippen molar-refractivity contribution in [2.45, 2.75) is 39.2 Å². The molecule has 0 saturated carbocycles. The number of hydrogen-bond donors (Lipinski definition) is 0. The number of nitrogens with zero attached hydrogens (tertiary/aromatic N) is 2. The number of amidine groups is 1. The zero-order chi connectivity index (χ0) is 29.8. The van der Waals surface area contributed by atoms with E-state index < -0.39 is 29.7 Å². The van der Waals surface area contributed by atoms with Crippen molar-refractivity contribution in [1.82, 2.24) is 0 Å². The molecule has 4 rings (SSSR count). The Kier molecular flexibility index (Phi) is 9.39. The summed E-state index contributed by atoms with van der Waals surface area (Å²) >= 11 is 0. The van der Waals surface area contributed by atoms with Gasteiger partial charge < -0.3 is 18.9 Å². The predicted molar refractivity (Wildman–Crippen MR) is 135 cm³/mol. The molecule has 0 spiro atoms. The number of halogens is 6. The van der Waals surface area contributed by atoms with E-state index in [0.717, 1.165) is 23.1 Å². The molecule has 40 heavy (non-hydrogen) atoms. The molecule has 7 nitrogen and oxygen atoms in total. The molecular formula is C27H28F6N2O5. The van der Waals surface area contributed by atoms with Crippen LogP contribution >= 0.6 is 0 Å². The van der Waals surface area contributed by atoms with Gasteiger partial charge in [-0.15, -0.1) is 0 Å². The lowest BCUT2D eigenvalue weighted by Gasteiger charge is -2.33. The van der Waals surface area contributed by atoms with E-state index in [-0.39, 0.29) is 47.5 Å². The lowest BCUT2D eigenvalue weighted by atomic mass is 9.95. The zero-order valence-electron chi connectivity index (χ0n) is 22.4. The molecule has 0 N–H and O–H groups in total. The Morgan fingerprint density at radius 3 is 2.27 bits per heavy atom. The van der Waals surface area contributed by atoms with E-state index in [2.05, 4.69) is 9.73 Å². The van der Waals surface area contributed by atoms with Crippen molar-refractivity contribution in [3.05, 3.63) is 64.4 Å². The van der Waals surface area contributed by atoms with Gasteiger partial charge in [-0.05, 0) is 43.7 Å². The van der Waals surface area contributed by atoms with Gasteiger partial charge in [-0.3, -0.25) is 14.7 Å². The quantitative estimate of drug-likeness (QED) is 0.308. The molecule has 2 aliphatic heterocycles. The Balaban J connectivity index is 0.000000663. The van der Waals surface area contributed by atoms with Gasteiger partial charge in [-0.1, -0.05) is 12.1 Å². The fourth-order valence-corrected chi connectivity index (χ4v) is 4.38. The zero-order valence-corrected chi connectivity index (χ0v) is 22.4. The second-order valence-corrected chi connectivity index (χ2v) is 8.66. The largest absolute Gasteiger partial charge is 0.493 e. The first-order valence-corrected chi connectivity index (χ1v) is 12.0. The van der Waals surface area contributed by atoms with E-state index in [1.54, 1.807) is 25.1 Å². The molecule has 13 heteroatoms. The van der Waals surface area contributed by atoms with Crippen LogP contribution in [0.4, 0.5) is 32.0 Å². The third-order valence-corrected chi connectivity index (χ3v) is 5.97. The van der Waals surface area contributed by atoms with Crippen LogP contribution in [-0.4, -0.2) is 52.0 Å². The Hall–Kier alpha value is -3.74. The van der Waals surface area contributed by atoms with Gasteiger partial charge in [0, 0.05) is 18.1 Å². The van der Waals surface area contributed by atoms with E-state index in [9.17, 15) is 31.1 Å². The summed E-state index contributed by atoms with van der Waals surface area (Å²) < 4.78 is 104. The Labute approximate surface area is 227 Å². The summed E-state index contributed by atoms with van der Waals surface area (Å²) in [6, 6.07) is 7.32. The number of ether oxygens (including phenoxy) is 4. The standard InChI is InChI=1S/C23H20F6N2O3.C4H8O2/c1-12-10-30-18-11-34-19(14-5-4-6-17(32-2)20(14)33-3)15-9-13(22(24,25)26)7-8-16(15)31(18)21(12)23(27,28)29;1-3-6-4(2)5/h4-9,19H,10-11H2,1-3H3;3H2,1-2H3. The number of para-hydroxylation sites is 1. The highest BCUT2D eigenvalue weighted by molar-refractivity contribution is 6.04. The predicted octanol–water partition coefficient (Wildman–Crippen LogP) is 6.47. The molecule has 0 aliphatic carbocycles. The SMILES string of the molecule is CCOC(C)=O.COc1cccc(C2OCC3=NCC(C)=C(C(F)(F)F)N3c3ccc(C(F)(F)F)cc32)c1OC. The van der Waals surface area contributed by atoms with Crippen LogP contribution in [0.25, 0.3) is 0 Å². The highest BCUT2D eigenvalue weighted by Crippen LogP contribution is 2.47. The number of anilines is 1. The van der Waals surface area contributed by atoms with Crippen LogP contribution in [0.5, 0.6) is 11.5 Å². The monoisotopic (exact) mass is 574 g/mol. The lowest BCUT2D eigenvalue weighted by Crippen LogP contribution is -2.42. The highest BCUT2D eigenvalue weighted by atomic mass is 19.4. The molecule has 218 valence electrons. The van der Waals surface area contributed by atoms with Gasteiger partial charge in [0.1, 0.15) is 24.2 Å². The minimum Gasteiger partial charge on any atom is -0.493 e. The smallest absolute Gasteiger partial charge is 0.431 e. The fraction of sp³-hybridized carbons (Fsp3) is 0.407. The van der Waals surface area contributed by atoms with Gasteiger partial charge in [0.15, 0.2) is 11.5 Å². The van der Waals surface area contributed by atoms with Crippen LogP contribution in [0, 0.1) is 0 Å². The fourth-order valence-electron chi connectivity index (χ4n) is 4.38. The molecule has 0 radical (unpaired) electrons. The maximum Gasteiger partial charge on any atom is 0.431 e. The molecule has 2 heterocycles. The average Bonchev–Trinajstić information content (AvgIpc) is 3.03. The number of carbonyl (C=O) groups is 1. The normalized spacial score (nSPS) is 17.0. The van der Waals surface area contributed by atoms with Crippen molar-refractivity contribution >= 4 is 17.5 Å². The molecule has 1 atom stereocenters. The third-order valence-electron chi connectivity index (χ3n) is 5.97. The number of hydrogen-bond acceptors (Lipinski definition) is 7. The molecule has 2 aliphatic rings. The summed E-state index contributed by atoms with van der Waals surface area (Å²) in [6.07, 6.45) is -10.7. The Morgan fingerprint density at radius 1 is 1.05 bits per heavy atom. The van der Waals surface area contributed by atoms with E-state index in [0.29, 0.717) is 17.9 Å². The van der Waals surface area contributed by atoms with Gasteiger partial charge >= 0.3 is 18.3 Å². The first-order valence-electron chi connectivity index (χ1n) is 12.0. The molecule has 0 bridgehead atoms. The number of methoxy groups -OCH3 is 2. The van der Waals surface area contributed by atoms with Crippen LogP contribution in [0.2, 0.25) is 0 Å². The minimum absolute atomic E-state index is 0.0525. The molecule has 2 aromatic rings. The van der Waals surface area contributed by atoms with Gasteiger partial charge in [-0.25, -0.2) is 0 Å².